The molecule has 0 amide bonds. The van der Waals surface area contributed by atoms with Gasteiger partial charge in [-0.3, -0.25) is 28.7 Å². The van der Waals surface area contributed by atoms with Crippen molar-refractivity contribution in [2.24, 2.45) is 5.92 Å². The first kappa shape index (κ1) is 21.4. The lowest BCUT2D eigenvalue weighted by Gasteiger charge is -2.23. The monoisotopic (exact) mass is 398 g/mol. The van der Waals surface area contributed by atoms with E-state index in [1.807, 2.05) is 0 Å². The van der Waals surface area contributed by atoms with Crippen molar-refractivity contribution in [3.63, 3.8) is 0 Å². The number of ether oxygens (including phenoxy) is 4. The maximum Gasteiger partial charge on any atom is 0.330 e. The number of aryl methyl sites for hydroxylation is 1. The zero-order chi connectivity index (χ0) is 21.0. The first-order valence-corrected chi connectivity index (χ1v) is 8.49. The molecule has 0 bridgehead atoms. The average molecular weight is 398 g/mol. The Labute approximate surface area is 159 Å². The molecule has 2 rings (SSSR count). The van der Waals surface area contributed by atoms with Crippen molar-refractivity contribution in [2.45, 2.75) is 45.6 Å². The molecule has 1 saturated heterocycles. The number of aromatic amines is 1. The van der Waals surface area contributed by atoms with Gasteiger partial charge in [0.2, 0.25) is 0 Å². The van der Waals surface area contributed by atoms with E-state index in [0.29, 0.717) is 0 Å². The summed E-state index contributed by atoms with van der Waals surface area (Å²) in [4.78, 5) is 60.7. The van der Waals surface area contributed by atoms with Gasteiger partial charge in [-0.2, -0.15) is 0 Å². The Balaban J connectivity index is 2.47. The highest BCUT2D eigenvalue weighted by Crippen LogP contribution is 2.38. The number of hydrogen-bond donors (Lipinski definition) is 1. The number of carbonyl (C=O) groups excluding carboxylic acids is 3. The molecular weight excluding hydrogens is 376 g/mol. The molecule has 0 radical (unpaired) electrons. The van der Waals surface area contributed by atoms with Crippen LogP contribution < -0.4 is 11.2 Å². The molecule has 1 aromatic rings. The van der Waals surface area contributed by atoms with E-state index in [2.05, 4.69) is 9.72 Å². The minimum atomic E-state index is -1.14. The van der Waals surface area contributed by atoms with Crippen molar-refractivity contribution < 1.29 is 33.3 Å². The fourth-order valence-electron chi connectivity index (χ4n) is 3.00. The molecule has 1 fully saturated rings. The van der Waals surface area contributed by atoms with Crippen LogP contribution in [-0.4, -0.2) is 53.4 Å². The van der Waals surface area contributed by atoms with Crippen molar-refractivity contribution in [1.29, 1.82) is 0 Å². The smallest absolute Gasteiger partial charge is 0.330 e. The van der Waals surface area contributed by atoms with Gasteiger partial charge in [-0.15, -0.1) is 0 Å². The second kappa shape index (κ2) is 8.83. The number of hydrogen-bond acceptors (Lipinski definition) is 9. The van der Waals surface area contributed by atoms with E-state index in [-0.39, 0.29) is 18.6 Å². The van der Waals surface area contributed by atoms with Gasteiger partial charge in [0.25, 0.3) is 5.56 Å². The quantitative estimate of drug-likeness (QED) is 0.491. The van der Waals surface area contributed by atoms with Gasteiger partial charge in [-0.1, -0.05) is 0 Å². The van der Waals surface area contributed by atoms with Crippen LogP contribution in [0.15, 0.2) is 15.8 Å². The van der Waals surface area contributed by atoms with Crippen molar-refractivity contribution >= 4 is 17.9 Å². The summed E-state index contributed by atoms with van der Waals surface area (Å²) in [5, 5.41) is 0. The second-order valence-electron chi connectivity index (χ2n) is 6.36. The molecule has 1 aliphatic heterocycles. The maximum atomic E-state index is 12.3. The molecule has 0 aliphatic carbocycles. The number of methoxy groups -OCH3 is 1. The van der Waals surface area contributed by atoms with E-state index in [0.717, 1.165) is 4.57 Å². The van der Waals surface area contributed by atoms with Crippen molar-refractivity contribution in [2.75, 3.05) is 13.7 Å². The Kier molecular flexibility index (Phi) is 6.73. The molecule has 0 saturated carbocycles. The van der Waals surface area contributed by atoms with Crippen LogP contribution in [0.25, 0.3) is 0 Å². The summed E-state index contributed by atoms with van der Waals surface area (Å²) in [5.41, 5.74) is -1.11. The first-order chi connectivity index (χ1) is 13.1. The molecule has 2 heterocycles. The average Bonchev–Trinajstić information content (AvgIpc) is 2.93. The van der Waals surface area contributed by atoms with Crippen LogP contribution in [0.1, 0.15) is 32.1 Å². The fraction of sp³-hybridized carbons (Fsp3) is 0.588. The lowest BCUT2D eigenvalue weighted by atomic mass is 9.94. The molecule has 1 N–H and O–H groups in total. The molecule has 4 atom stereocenters. The van der Waals surface area contributed by atoms with Crippen molar-refractivity contribution in [3.8, 4) is 0 Å². The Hall–Kier alpha value is -2.95. The number of rotatable bonds is 6. The fourth-order valence-corrected chi connectivity index (χ4v) is 3.00. The third-order valence-electron chi connectivity index (χ3n) is 4.30. The SMILES string of the molecule is COC(=O)C[C@H]1[C@@H](OC(C)=O)[C@@H](n2cc(C)c(=O)[nH]c2=O)O[C@H]1COC(C)=O. The van der Waals surface area contributed by atoms with Crippen LogP contribution in [0.2, 0.25) is 0 Å². The summed E-state index contributed by atoms with van der Waals surface area (Å²) in [7, 11) is 1.20. The van der Waals surface area contributed by atoms with Crippen LogP contribution in [0.4, 0.5) is 0 Å². The Morgan fingerprint density at radius 3 is 2.46 bits per heavy atom. The number of nitrogens with one attached hydrogen (secondary N) is 1. The number of nitrogens with zero attached hydrogens (tertiary/aromatic N) is 1. The molecule has 1 aromatic heterocycles. The van der Waals surface area contributed by atoms with Gasteiger partial charge in [-0.25, -0.2) is 4.79 Å². The zero-order valence-electron chi connectivity index (χ0n) is 15.9. The van der Waals surface area contributed by atoms with Gasteiger partial charge < -0.3 is 18.9 Å². The van der Waals surface area contributed by atoms with Gasteiger partial charge in [0, 0.05) is 31.5 Å². The summed E-state index contributed by atoms with van der Waals surface area (Å²) < 4.78 is 21.9. The summed E-state index contributed by atoms with van der Waals surface area (Å²) >= 11 is 0. The van der Waals surface area contributed by atoms with Crippen molar-refractivity contribution in [3.05, 3.63) is 32.6 Å². The lowest BCUT2D eigenvalue weighted by Crippen LogP contribution is -2.39. The second-order valence-corrected chi connectivity index (χ2v) is 6.36. The van der Waals surface area contributed by atoms with E-state index < -0.39 is 53.5 Å². The van der Waals surface area contributed by atoms with Gasteiger partial charge in [-0.05, 0) is 6.92 Å². The zero-order valence-corrected chi connectivity index (χ0v) is 15.9. The predicted molar refractivity (Wildman–Crippen MR) is 92.3 cm³/mol. The number of H-pyrrole nitrogens is 1. The molecule has 154 valence electrons. The highest BCUT2D eigenvalue weighted by atomic mass is 16.6. The Morgan fingerprint density at radius 1 is 1.21 bits per heavy atom. The van der Waals surface area contributed by atoms with Gasteiger partial charge >= 0.3 is 23.6 Å². The third kappa shape index (κ3) is 4.85. The van der Waals surface area contributed by atoms with E-state index in [1.54, 1.807) is 0 Å². The molecule has 11 nitrogen and oxygen atoms in total. The predicted octanol–water partition coefficient (Wildman–Crippen LogP) is -0.583. The molecule has 28 heavy (non-hydrogen) atoms. The minimum absolute atomic E-state index is 0.200. The molecule has 0 unspecified atom stereocenters. The van der Waals surface area contributed by atoms with E-state index in [9.17, 15) is 24.0 Å². The van der Waals surface area contributed by atoms with Crippen LogP contribution in [-0.2, 0) is 33.3 Å². The molecule has 0 aromatic carbocycles. The summed E-state index contributed by atoms with van der Waals surface area (Å²) in [6.45, 7) is 3.66. The largest absolute Gasteiger partial charge is 0.469 e. The highest BCUT2D eigenvalue weighted by Gasteiger charge is 2.49. The lowest BCUT2D eigenvalue weighted by molar-refractivity contribution is -0.156. The van der Waals surface area contributed by atoms with E-state index in [1.165, 1.54) is 34.1 Å². The van der Waals surface area contributed by atoms with Gasteiger partial charge in [0.15, 0.2) is 12.3 Å². The van der Waals surface area contributed by atoms with E-state index >= 15 is 0 Å². The number of carbonyl (C=O) groups is 3. The van der Waals surface area contributed by atoms with Gasteiger partial charge in [0.05, 0.1) is 13.5 Å². The van der Waals surface area contributed by atoms with Crippen LogP contribution in [0.5, 0.6) is 0 Å². The standard InChI is InChI=1S/C17H22N2O9/c1-8-6-19(17(24)18-15(8)23)16-14(27-10(3)21)11(5-13(22)25-4)12(28-16)7-26-9(2)20/h6,11-12,14,16H,5,7H2,1-4H3,(H,18,23,24)/t11-,12+,14-,16+/m1/s1. The third-order valence-corrected chi connectivity index (χ3v) is 4.30. The number of esters is 3. The normalized spacial score (nSPS) is 23.9. The minimum Gasteiger partial charge on any atom is -0.469 e. The first-order valence-electron chi connectivity index (χ1n) is 8.49. The maximum absolute atomic E-state index is 12.3. The Bertz CT molecular complexity index is 872. The van der Waals surface area contributed by atoms with Crippen LogP contribution >= 0.6 is 0 Å². The highest BCUT2D eigenvalue weighted by molar-refractivity contribution is 5.70. The summed E-state index contributed by atoms with van der Waals surface area (Å²) in [6, 6.07) is 0. The topological polar surface area (TPSA) is 143 Å². The molecule has 0 spiro atoms. The summed E-state index contributed by atoms with van der Waals surface area (Å²) in [5.74, 6) is -2.56. The van der Waals surface area contributed by atoms with E-state index in [4.69, 9.17) is 14.2 Å². The number of aromatic nitrogens is 2. The van der Waals surface area contributed by atoms with Crippen LogP contribution in [0, 0.1) is 12.8 Å². The molecule has 1 aliphatic rings. The molecular formula is C17H22N2O9. The molecule has 11 heteroatoms. The van der Waals surface area contributed by atoms with Crippen molar-refractivity contribution in [1.82, 2.24) is 9.55 Å². The van der Waals surface area contributed by atoms with Gasteiger partial charge in [0.1, 0.15) is 12.7 Å². The Morgan fingerprint density at radius 2 is 1.89 bits per heavy atom. The summed E-state index contributed by atoms with van der Waals surface area (Å²) in [6.07, 6.45) is -1.97. The van der Waals surface area contributed by atoms with Crippen LogP contribution in [0.3, 0.4) is 0 Å².